The number of rotatable bonds is 3. The van der Waals surface area contributed by atoms with Crippen LogP contribution in [0.15, 0.2) is 24.3 Å². The van der Waals surface area contributed by atoms with Crippen LogP contribution in [-0.4, -0.2) is 35.0 Å². The number of benzene rings is 1. The smallest absolute Gasteiger partial charge is 0.335 e. The van der Waals surface area contributed by atoms with E-state index in [1.807, 2.05) is 4.90 Å². The third-order valence-corrected chi connectivity index (χ3v) is 3.19. The van der Waals surface area contributed by atoms with Crippen molar-refractivity contribution in [2.75, 3.05) is 13.1 Å². The summed E-state index contributed by atoms with van der Waals surface area (Å²) in [7, 11) is 0. The lowest BCUT2D eigenvalue weighted by molar-refractivity contribution is -0.0566. The van der Waals surface area contributed by atoms with Crippen molar-refractivity contribution in [3.8, 4) is 0 Å². The average molecular weight is 292 g/mol. The number of hydrogen-bond acceptors (Lipinski definition) is 2. The standard InChI is InChI=1S/C13H15F2NO2.ClH/c14-13(15)5-7-16(8-6-13)9-10-1-3-11(4-2-10)12(17)18;/h1-4H,5-9H2,(H,17,18);1H. The van der Waals surface area contributed by atoms with Gasteiger partial charge in [-0.1, -0.05) is 12.1 Å². The monoisotopic (exact) mass is 291 g/mol. The Kier molecular flexibility index (Phi) is 5.26. The molecule has 1 aliphatic rings. The van der Waals surface area contributed by atoms with Crippen molar-refractivity contribution in [3.05, 3.63) is 35.4 Å². The summed E-state index contributed by atoms with van der Waals surface area (Å²) in [5.41, 5.74) is 1.19. The highest BCUT2D eigenvalue weighted by Crippen LogP contribution is 2.28. The van der Waals surface area contributed by atoms with Gasteiger partial charge in [-0.2, -0.15) is 0 Å². The topological polar surface area (TPSA) is 40.5 Å². The number of halogens is 3. The lowest BCUT2D eigenvalue weighted by atomic mass is 10.1. The predicted molar refractivity (Wildman–Crippen MR) is 70.1 cm³/mol. The fourth-order valence-corrected chi connectivity index (χ4v) is 2.05. The van der Waals surface area contributed by atoms with Crippen LogP contribution in [0.2, 0.25) is 0 Å². The number of aromatic carboxylic acids is 1. The molecule has 1 N–H and O–H groups in total. The van der Waals surface area contributed by atoms with Gasteiger partial charge in [0.15, 0.2) is 0 Å². The molecule has 0 aliphatic carbocycles. The first-order valence-electron chi connectivity index (χ1n) is 5.89. The molecule has 0 unspecified atom stereocenters. The van der Waals surface area contributed by atoms with Gasteiger partial charge in [0, 0.05) is 32.5 Å². The average Bonchev–Trinajstić information content (AvgIpc) is 2.33. The zero-order valence-corrected chi connectivity index (χ0v) is 11.1. The highest BCUT2D eigenvalue weighted by Gasteiger charge is 2.33. The summed E-state index contributed by atoms with van der Waals surface area (Å²) >= 11 is 0. The molecule has 1 aromatic carbocycles. The minimum absolute atomic E-state index is 0. The molecule has 0 atom stereocenters. The predicted octanol–water partition coefficient (Wildman–Crippen LogP) is 3.04. The molecule has 0 spiro atoms. The van der Waals surface area contributed by atoms with Gasteiger partial charge in [0.1, 0.15) is 0 Å². The maximum Gasteiger partial charge on any atom is 0.335 e. The van der Waals surface area contributed by atoms with Gasteiger partial charge in [-0.15, -0.1) is 12.4 Å². The number of carboxylic acid groups (broad SMARTS) is 1. The molecule has 2 rings (SSSR count). The summed E-state index contributed by atoms with van der Waals surface area (Å²) in [6, 6.07) is 6.54. The maximum atomic E-state index is 13.0. The van der Waals surface area contributed by atoms with Gasteiger partial charge in [-0.05, 0) is 17.7 Å². The van der Waals surface area contributed by atoms with Crippen LogP contribution in [0.5, 0.6) is 0 Å². The van der Waals surface area contributed by atoms with Crippen LogP contribution in [0.1, 0.15) is 28.8 Å². The van der Waals surface area contributed by atoms with Crippen LogP contribution >= 0.6 is 12.4 Å². The Labute approximate surface area is 116 Å². The van der Waals surface area contributed by atoms with E-state index in [4.69, 9.17) is 5.11 Å². The molecule has 106 valence electrons. The van der Waals surface area contributed by atoms with Crippen LogP contribution in [-0.2, 0) is 6.54 Å². The third kappa shape index (κ3) is 4.44. The van der Waals surface area contributed by atoms with Crippen LogP contribution < -0.4 is 0 Å². The van der Waals surface area contributed by atoms with E-state index in [2.05, 4.69) is 0 Å². The summed E-state index contributed by atoms with van der Waals surface area (Å²) in [6.07, 6.45) is -0.194. The molecular formula is C13H16ClF2NO2. The van der Waals surface area contributed by atoms with Crippen LogP contribution in [0.4, 0.5) is 8.78 Å². The molecule has 1 saturated heterocycles. The number of carboxylic acids is 1. The second kappa shape index (κ2) is 6.30. The SMILES string of the molecule is Cl.O=C(O)c1ccc(CN2CCC(F)(F)CC2)cc1. The molecule has 0 aromatic heterocycles. The Hall–Kier alpha value is -1.20. The van der Waals surface area contributed by atoms with E-state index >= 15 is 0 Å². The number of nitrogens with zero attached hydrogens (tertiary/aromatic N) is 1. The number of alkyl halides is 2. The van der Waals surface area contributed by atoms with E-state index in [0.717, 1.165) is 5.56 Å². The van der Waals surface area contributed by atoms with Crippen molar-refractivity contribution in [1.29, 1.82) is 0 Å². The Morgan fingerprint density at radius 3 is 2.21 bits per heavy atom. The Bertz CT molecular complexity index is 427. The van der Waals surface area contributed by atoms with E-state index in [0.29, 0.717) is 19.6 Å². The second-order valence-corrected chi connectivity index (χ2v) is 4.63. The summed E-state index contributed by atoms with van der Waals surface area (Å²) in [6.45, 7) is 1.36. The number of hydrogen-bond donors (Lipinski definition) is 1. The summed E-state index contributed by atoms with van der Waals surface area (Å²) in [5, 5.41) is 8.76. The summed E-state index contributed by atoms with van der Waals surface area (Å²) in [5.74, 6) is -3.48. The molecule has 0 amide bonds. The summed E-state index contributed by atoms with van der Waals surface area (Å²) < 4.78 is 25.9. The molecule has 1 aromatic rings. The molecule has 19 heavy (non-hydrogen) atoms. The first kappa shape index (κ1) is 15.9. The number of piperidine rings is 1. The highest BCUT2D eigenvalue weighted by atomic mass is 35.5. The largest absolute Gasteiger partial charge is 0.478 e. The van der Waals surface area contributed by atoms with Crippen LogP contribution in [0.25, 0.3) is 0 Å². The van der Waals surface area contributed by atoms with Crippen molar-refractivity contribution in [3.63, 3.8) is 0 Å². The Morgan fingerprint density at radius 2 is 1.74 bits per heavy atom. The van der Waals surface area contributed by atoms with Gasteiger partial charge >= 0.3 is 5.97 Å². The zero-order valence-electron chi connectivity index (χ0n) is 10.3. The molecule has 6 heteroatoms. The maximum absolute atomic E-state index is 13.0. The van der Waals surface area contributed by atoms with Crippen LogP contribution in [0.3, 0.4) is 0 Å². The van der Waals surface area contributed by atoms with Gasteiger partial charge < -0.3 is 5.11 Å². The lowest BCUT2D eigenvalue weighted by Crippen LogP contribution is -2.38. The van der Waals surface area contributed by atoms with Gasteiger partial charge in [-0.3, -0.25) is 4.90 Å². The molecule has 0 saturated carbocycles. The van der Waals surface area contributed by atoms with Crippen molar-refractivity contribution in [2.24, 2.45) is 0 Å². The van der Waals surface area contributed by atoms with E-state index in [-0.39, 0.29) is 30.8 Å². The molecule has 1 aliphatic heterocycles. The normalized spacial score (nSPS) is 18.6. The van der Waals surface area contributed by atoms with Crippen molar-refractivity contribution in [2.45, 2.75) is 25.3 Å². The Balaban J connectivity index is 0.00000180. The summed E-state index contributed by atoms with van der Waals surface area (Å²) in [4.78, 5) is 12.6. The third-order valence-electron chi connectivity index (χ3n) is 3.19. The first-order chi connectivity index (χ1) is 8.46. The van der Waals surface area contributed by atoms with E-state index in [1.54, 1.807) is 12.1 Å². The minimum Gasteiger partial charge on any atom is -0.478 e. The van der Waals surface area contributed by atoms with E-state index in [1.165, 1.54) is 12.1 Å². The first-order valence-corrected chi connectivity index (χ1v) is 5.89. The van der Waals surface area contributed by atoms with Crippen molar-refractivity contribution >= 4 is 18.4 Å². The van der Waals surface area contributed by atoms with Gasteiger partial charge in [-0.25, -0.2) is 13.6 Å². The fraction of sp³-hybridized carbons (Fsp3) is 0.462. The molecule has 1 fully saturated rings. The zero-order chi connectivity index (χ0) is 13.2. The number of likely N-dealkylation sites (tertiary alicyclic amines) is 1. The van der Waals surface area contributed by atoms with Gasteiger partial charge in [0.2, 0.25) is 0 Å². The molecule has 3 nitrogen and oxygen atoms in total. The molecule has 0 bridgehead atoms. The Morgan fingerprint density at radius 1 is 1.21 bits per heavy atom. The number of carbonyl (C=O) groups is 1. The second-order valence-electron chi connectivity index (χ2n) is 4.63. The van der Waals surface area contributed by atoms with Crippen LogP contribution in [0, 0.1) is 0 Å². The lowest BCUT2D eigenvalue weighted by Gasteiger charge is -2.31. The molecular weight excluding hydrogens is 276 g/mol. The van der Waals surface area contributed by atoms with Gasteiger partial charge in [0.05, 0.1) is 5.56 Å². The van der Waals surface area contributed by atoms with E-state index < -0.39 is 11.9 Å². The minimum atomic E-state index is -2.52. The fourth-order valence-electron chi connectivity index (χ4n) is 2.05. The molecule has 0 radical (unpaired) electrons. The van der Waals surface area contributed by atoms with Crippen molar-refractivity contribution < 1.29 is 18.7 Å². The highest BCUT2D eigenvalue weighted by molar-refractivity contribution is 5.87. The van der Waals surface area contributed by atoms with Gasteiger partial charge in [0.25, 0.3) is 5.92 Å². The quantitative estimate of drug-likeness (QED) is 0.930. The van der Waals surface area contributed by atoms with E-state index in [9.17, 15) is 13.6 Å². The molecule has 1 heterocycles. The van der Waals surface area contributed by atoms with Crippen molar-refractivity contribution in [1.82, 2.24) is 4.90 Å².